The van der Waals surface area contributed by atoms with Crippen molar-refractivity contribution in [2.45, 2.75) is 0 Å². The molecule has 0 spiro atoms. The van der Waals surface area contributed by atoms with Crippen LogP contribution in [0.15, 0.2) is 18.3 Å². The first-order valence-corrected chi connectivity index (χ1v) is 7.95. The molecule has 2 aliphatic heterocycles. The van der Waals surface area contributed by atoms with Gasteiger partial charge in [0.15, 0.2) is 0 Å². The zero-order valence-electron chi connectivity index (χ0n) is 13.1. The Kier molecular flexibility index (Phi) is 5.05. The van der Waals surface area contributed by atoms with Gasteiger partial charge in [0.1, 0.15) is 11.8 Å². The third kappa shape index (κ3) is 3.97. The first-order valence-electron chi connectivity index (χ1n) is 7.95. The number of carbonyl (C=O) groups excluding carboxylic acids is 1. The largest absolute Gasteiger partial charge is 0.379 e. The van der Waals surface area contributed by atoms with Gasteiger partial charge in [-0.25, -0.2) is 4.98 Å². The van der Waals surface area contributed by atoms with E-state index in [0.717, 1.165) is 45.0 Å². The molecule has 2 fully saturated rings. The van der Waals surface area contributed by atoms with Crippen molar-refractivity contribution in [3.63, 3.8) is 0 Å². The molecule has 0 aromatic carbocycles. The van der Waals surface area contributed by atoms with Crippen LogP contribution < -0.4 is 4.90 Å². The number of nitriles is 1. The van der Waals surface area contributed by atoms with Crippen molar-refractivity contribution in [2.75, 3.05) is 63.9 Å². The normalized spacial score (nSPS) is 19.4. The minimum absolute atomic E-state index is 0.199. The molecule has 0 unspecified atom stereocenters. The first kappa shape index (κ1) is 15.7. The molecule has 3 rings (SSSR count). The van der Waals surface area contributed by atoms with Crippen LogP contribution in [0.25, 0.3) is 0 Å². The molecule has 1 amide bonds. The molecule has 7 heteroatoms. The highest BCUT2D eigenvalue weighted by molar-refractivity contribution is 5.78. The standard InChI is InChI=1S/C16H21N5O2/c17-11-14-1-2-15(12-18-14)20-3-5-21(6-4-20)16(22)13-19-7-9-23-10-8-19/h1-2,12H,3-10,13H2. The molecule has 2 aliphatic rings. The number of hydrogen-bond donors (Lipinski definition) is 0. The topological polar surface area (TPSA) is 72.7 Å². The van der Waals surface area contributed by atoms with Gasteiger partial charge in [0, 0.05) is 39.3 Å². The molecule has 7 nitrogen and oxygen atoms in total. The molecular formula is C16H21N5O2. The van der Waals surface area contributed by atoms with Crippen LogP contribution in [0.5, 0.6) is 0 Å². The Labute approximate surface area is 136 Å². The summed E-state index contributed by atoms with van der Waals surface area (Å²) in [6.07, 6.45) is 1.73. The number of rotatable bonds is 3. The molecule has 0 radical (unpaired) electrons. The molecule has 1 aromatic heterocycles. The first-order chi connectivity index (χ1) is 11.3. The van der Waals surface area contributed by atoms with Gasteiger partial charge in [0.25, 0.3) is 0 Å². The summed E-state index contributed by atoms with van der Waals surface area (Å²) in [4.78, 5) is 22.8. The lowest BCUT2D eigenvalue weighted by molar-refractivity contribution is -0.133. The molecule has 0 bridgehead atoms. The maximum absolute atomic E-state index is 12.4. The molecule has 23 heavy (non-hydrogen) atoms. The Morgan fingerprint density at radius 2 is 1.91 bits per heavy atom. The van der Waals surface area contributed by atoms with Crippen LogP contribution in [0.2, 0.25) is 0 Å². The summed E-state index contributed by atoms with van der Waals surface area (Å²) in [7, 11) is 0. The van der Waals surface area contributed by atoms with Gasteiger partial charge in [-0.1, -0.05) is 0 Å². The lowest BCUT2D eigenvalue weighted by Crippen LogP contribution is -2.52. The van der Waals surface area contributed by atoms with Crippen LogP contribution in [0.4, 0.5) is 5.69 Å². The summed E-state index contributed by atoms with van der Waals surface area (Å²) in [6, 6.07) is 5.66. The molecule has 122 valence electrons. The lowest BCUT2D eigenvalue weighted by atomic mass is 10.2. The molecule has 0 saturated carbocycles. The van der Waals surface area contributed by atoms with Crippen LogP contribution in [-0.4, -0.2) is 79.7 Å². The fourth-order valence-electron chi connectivity index (χ4n) is 2.90. The third-order valence-corrected chi connectivity index (χ3v) is 4.32. The molecule has 1 aromatic rings. The average Bonchev–Trinajstić information content (AvgIpc) is 2.63. The van der Waals surface area contributed by atoms with Gasteiger partial charge in [-0.15, -0.1) is 0 Å². The van der Waals surface area contributed by atoms with E-state index in [4.69, 9.17) is 10.00 Å². The van der Waals surface area contributed by atoms with E-state index in [2.05, 4.69) is 14.8 Å². The Morgan fingerprint density at radius 3 is 2.52 bits per heavy atom. The number of ether oxygens (including phenoxy) is 1. The highest BCUT2D eigenvalue weighted by Crippen LogP contribution is 2.15. The van der Waals surface area contributed by atoms with Crippen molar-refractivity contribution < 1.29 is 9.53 Å². The highest BCUT2D eigenvalue weighted by Gasteiger charge is 2.23. The summed E-state index contributed by atoms with van der Waals surface area (Å²) >= 11 is 0. The van der Waals surface area contributed by atoms with Crippen molar-refractivity contribution in [3.05, 3.63) is 24.0 Å². The number of anilines is 1. The number of aromatic nitrogens is 1. The summed E-state index contributed by atoms with van der Waals surface area (Å²) in [6.45, 7) is 6.63. The Bertz CT molecular complexity index is 569. The number of piperazine rings is 1. The van der Waals surface area contributed by atoms with Gasteiger partial charge in [0.05, 0.1) is 31.6 Å². The zero-order valence-corrected chi connectivity index (χ0v) is 13.1. The van der Waals surface area contributed by atoms with Gasteiger partial charge in [-0.05, 0) is 12.1 Å². The Balaban J connectivity index is 1.49. The van der Waals surface area contributed by atoms with Crippen molar-refractivity contribution in [3.8, 4) is 6.07 Å². The van der Waals surface area contributed by atoms with Crippen LogP contribution in [-0.2, 0) is 9.53 Å². The number of pyridine rings is 1. The average molecular weight is 315 g/mol. The smallest absolute Gasteiger partial charge is 0.236 e. The second-order valence-corrected chi connectivity index (χ2v) is 5.77. The number of carbonyl (C=O) groups is 1. The van der Waals surface area contributed by atoms with E-state index in [9.17, 15) is 4.79 Å². The fraction of sp³-hybridized carbons (Fsp3) is 0.562. The number of morpholine rings is 1. The number of amides is 1. The monoisotopic (exact) mass is 315 g/mol. The minimum Gasteiger partial charge on any atom is -0.379 e. The Morgan fingerprint density at radius 1 is 1.17 bits per heavy atom. The quantitative estimate of drug-likeness (QED) is 0.778. The number of hydrogen-bond acceptors (Lipinski definition) is 6. The van der Waals surface area contributed by atoms with Crippen LogP contribution in [0.1, 0.15) is 5.69 Å². The SMILES string of the molecule is N#Cc1ccc(N2CCN(C(=O)CN3CCOCC3)CC2)cn1. The molecule has 2 saturated heterocycles. The minimum atomic E-state index is 0.199. The molecule has 3 heterocycles. The van der Waals surface area contributed by atoms with E-state index >= 15 is 0 Å². The summed E-state index contributed by atoms with van der Waals surface area (Å²) in [5, 5.41) is 8.79. The maximum atomic E-state index is 12.4. The highest BCUT2D eigenvalue weighted by atomic mass is 16.5. The molecule has 0 atom stereocenters. The van der Waals surface area contributed by atoms with Crippen LogP contribution in [0, 0.1) is 11.3 Å². The maximum Gasteiger partial charge on any atom is 0.236 e. The van der Waals surface area contributed by atoms with Gasteiger partial charge in [0.2, 0.25) is 5.91 Å². The zero-order chi connectivity index (χ0) is 16.1. The summed E-state index contributed by atoms with van der Waals surface area (Å²) in [5.41, 5.74) is 1.43. The van der Waals surface area contributed by atoms with Crippen molar-refractivity contribution in [1.82, 2.24) is 14.8 Å². The van der Waals surface area contributed by atoms with Gasteiger partial charge in [-0.2, -0.15) is 5.26 Å². The Hall–Kier alpha value is -2.17. The fourth-order valence-corrected chi connectivity index (χ4v) is 2.90. The van der Waals surface area contributed by atoms with Crippen LogP contribution in [0.3, 0.4) is 0 Å². The van der Waals surface area contributed by atoms with E-state index in [1.165, 1.54) is 0 Å². The van der Waals surface area contributed by atoms with Crippen LogP contribution >= 0.6 is 0 Å². The van der Waals surface area contributed by atoms with Crippen molar-refractivity contribution >= 4 is 11.6 Å². The molecule has 0 N–H and O–H groups in total. The second kappa shape index (κ2) is 7.40. The van der Waals surface area contributed by atoms with Gasteiger partial charge in [-0.3, -0.25) is 9.69 Å². The lowest BCUT2D eigenvalue weighted by Gasteiger charge is -2.37. The van der Waals surface area contributed by atoms with E-state index in [1.807, 2.05) is 17.0 Å². The van der Waals surface area contributed by atoms with E-state index in [1.54, 1.807) is 12.3 Å². The molecule has 0 aliphatic carbocycles. The van der Waals surface area contributed by atoms with Gasteiger partial charge < -0.3 is 14.5 Å². The van der Waals surface area contributed by atoms with Gasteiger partial charge >= 0.3 is 0 Å². The van der Waals surface area contributed by atoms with Crippen molar-refractivity contribution in [1.29, 1.82) is 5.26 Å². The number of nitrogens with zero attached hydrogens (tertiary/aromatic N) is 5. The summed E-state index contributed by atoms with van der Waals surface area (Å²) in [5.74, 6) is 0.199. The molecular weight excluding hydrogens is 294 g/mol. The van der Waals surface area contributed by atoms with Crippen molar-refractivity contribution in [2.24, 2.45) is 0 Å². The summed E-state index contributed by atoms with van der Waals surface area (Å²) < 4.78 is 5.31. The van der Waals surface area contributed by atoms with E-state index in [0.29, 0.717) is 25.5 Å². The van der Waals surface area contributed by atoms with E-state index in [-0.39, 0.29) is 5.91 Å². The predicted molar refractivity (Wildman–Crippen MR) is 85.0 cm³/mol. The second-order valence-electron chi connectivity index (χ2n) is 5.77. The third-order valence-electron chi connectivity index (χ3n) is 4.32. The predicted octanol–water partition coefficient (Wildman–Crippen LogP) is -0.0659. The van der Waals surface area contributed by atoms with E-state index < -0.39 is 0 Å².